The minimum atomic E-state index is -0.485. The van der Waals surface area contributed by atoms with Crippen molar-refractivity contribution < 1.29 is 33.6 Å². The first-order valence-electron chi connectivity index (χ1n) is 16.6. The zero-order valence-electron chi connectivity index (χ0n) is 28.2. The van der Waals surface area contributed by atoms with Crippen molar-refractivity contribution in [1.29, 1.82) is 0 Å². The number of aliphatic hydroxyl groups is 1. The maximum atomic E-state index is 14.4. The number of amides is 3. The first kappa shape index (κ1) is 34.9. The van der Waals surface area contributed by atoms with Crippen LogP contribution < -0.4 is 24.8 Å². The smallest absolute Gasteiger partial charge is 0.323 e. The number of carbonyl (C=O) groups is 2. The van der Waals surface area contributed by atoms with Crippen LogP contribution in [0.1, 0.15) is 56.0 Å². The Morgan fingerprint density at radius 1 is 1.02 bits per heavy atom. The van der Waals surface area contributed by atoms with Crippen molar-refractivity contribution in [3.8, 4) is 17.2 Å². The molecule has 3 N–H and O–H groups in total. The molecule has 0 unspecified atom stereocenters. The maximum absolute atomic E-state index is 14.4. The lowest BCUT2D eigenvalue weighted by Crippen LogP contribution is -2.47. The Balaban J connectivity index is 1.36. The minimum Gasteiger partial charge on any atom is -0.490 e. The predicted molar refractivity (Wildman–Crippen MR) is 183 cm³/mol. The fourth-order valence-electron chi connectivity index (χ4n) is 5.90. The van der Waals surface area contributed by atoms with Gasteiger partial charge in [0.15, 0.2) is 11.5 Å². The molecule has 0 radical (unpaired) electrons. The molecule has 2 aliphatic rings. The third kappa shape index (κ3) is 9.36. The van der Waals surface area contributed by atoms with Crippen LogP contribution in [0.3, 0.4) is 0 Å². The number of likely N-dealkylation sites (N-methyl/N-ethyl adjacent to an activating group) is 1. The van der Waals surface area contributed by atoms with Crippen molar-refractivity contribution in [1.82, 2.24) is 14.8 Å². The molecular formula is C36H47N5O7. The second-order valence-electron chi connectivity index (χ2n) is 12.7. The van der Waals surface area contributed by atoms with E-state index in [9.17, 15) is 14.7 Å². The third-order valence-electron chi connectivity index (χ3n) is 8.63. The number of ether oxygens (including phenoxy) is 4. The van der Waals surface area contributed by atoms with Gasteiger partial charge in [-0.15, -0.1) is 0 Å². The van der Waals surface area contributed by atoms with Crippen LogP contribution >= 0.6 is 0 Å². The van der Waals surface area contributed by atoms with Gasteiger partial charge in [-0.05, 0) is 88.2 Å². The van der Waals surface area contributed by atoms with E-state index < -0.39 is 12.1 Å². The summed E-state index contributed by atoms with van der Waals surface area (Å²) in [5.74, 6) is 1.25. The summed E-state index contributed by atoms with van der Waals surface area (Å²) in [7, 11) is 2.06. The van der Waals surface area contributed by atoms with Crippen LogP contribution in [0.5, 0.6) is 17.2 Å². The number of aliphatic hydroxyl groups excluding tert-OH is 1. The predicted octanol–water partition coefficient (Wildman–Crippen LogP) is 5.38. The fraction of sp³-hybridized carbons (Fsp3) is 0.472. The minimum absolute atomic E-state index is 0.0529. The van der Waals surface area contributed by atoms with Gasteiger partial charge in [0.2, 0.25) is 6.79 Å². The first-order valence-corrected chi connectivity index (χ1v) is 16.6. The zero-order valence-corrected chi connectivity index (χ0v) is 28.2. The number of nitrogens with zero attached hydrogens (tertiary/aromatic N) is 3. The van der Waals surface area contributed by atoms with Gasteiger partial charge in [0.25, 0.3) is 5.91 Å². The highest BCUT2D eigenvalue weighted by atomic mass is 16.7. The second-order valence-corrected chi connectivity index (χ2v) is 12.7. The Morgan fingerprint density at radius 3 is 2.48 bits per heavy atom. The molecular weight excluding hydrogens is 614 g/mol. The summed E-state index contributed by atoms with van der Waals surface area (Å²) in [5.41, 5.74) is 2.41. The van der Waals surface area contributed by atoms with E-state index >= 15 is 0 Å². The lowest BCUT2D eigenvalue weighted by atomic mass is 10.0. The Morgan fingerprint density at radius 2 is 1.73 bits per heavy atom. The summed E-state index contributed by atoms with van der Waals surface area (Å²) < 4.78 is 23.6. The number of benzene rings is 2. The average Bonchev–Trinajstić information content (AvgIpc) is 3.54. The number of fused-ring (bicyclic) bond motifs is 2. The molecule has 3 amide bonds. The molecule has 0 saturated heterocycles. The number of hydrogen-bond acceptors (Lipinski definition) is 9. The molecule has 12 nitrogen and oxygen atoms in total. The number of nitrogens with one attached hydrogen (secondary N) is 2. The molecule has 258 valence electrons. The van der Waals surface area contributed by atoms with Gasteiger partial charge >= 0.3 is 6.03 Å². The summed E-state index contributed by atoms with van der Waals surface area (Å²) in [5, 5.41) is 15.9. The summed E-state index contributed by atoms with van der Waals surface area (Å²) >= 11 is 0. The lowest BCUT2D eigenvalue weighted by molar-refractivity contribution is -0.0177. The normalized spacial score (nSPS) is 20.8. The van der Waals surface area contributed by atoms with Gasteiger partial charge in [0, 0.05) is 62.0 Å². The van der Waals surface area contributed by atoms with Crippen LogP contribution in [-0.2, 0) is 11.3 Å². The second kappa shape index (κ2) is 16.6. The molecule has 0 fully saturated rings. The van der Waals surface area contributed by atoms with Crippen LogP contribution in [0.15, 0.2) is 60.9 Å². The van der Waals surface area contributed by atoms with Crippen molar-refractivity contribution in [2.75, 3.05) is 50.8 Å². The molecule has 5 rings (SSSR count). The van der Waals surface area contributed by atoms with E-state index in [0.29, 0.717) is 53.9 Å². The molecule has 0 spiro atoms. The van der Waals surface area contributed by atoms with E-state index in [-0.39, 0.29) is 37.4 Å². The molecule has 0 aliphatic carbocycles. The van der Waals surface area contributed by atoms with Crippen LogP contribution in [-0.4, -0.2) is 90.2 Å². The molecule has 48 heavy (non-hydrogen) atoms. The summed E-state index contributed by atoms with van der Waals surface area (Å²) in [4.78, 5) is 35.4. The molecule has 2 aromatic carbocycles. The summed E-state index contributed by atoms with van der Waals surface area (Å²) in [6.07, 6.45) is 5.85. The quantitative estimate of drug-likeness (QED) is 0.291. The molecule has 3 heterocycles. The number of carbonyl (C=O) groups excluding carboxylic acids is 2. The average molecular weight is 662 g/mol. The Bertz CT molecular complexity index is 1520. The van der Waals surface area contributed by atoms with E-state index in [2.05, 4.69) is 34.5 Å². The molecule has 4 atom stereocenters. The topological polar surface area (TPSA) is 135 Å². The molecule has 3 aromatic rings. The Kier molecular flexibility index (Phi) is 12.1. The Hall–Kier alpha value is -4.39. The number of urea groups is 1. The van der Waals surface area contributed by atoms with Crippen molar-refractivity contribution >= 4 is 23.3 Å². The maximum Gasteiger partial charge on any atom is 0.323 e. The van der Waals surface area contributed by atoms with E-state index in [1.807, 2.05) is 26.0 Å². The van der Waals surface area contributed by atoms with Gasteiger partial charge in [0.1, 0.15) is 5.75 Å². The third-order valence-corrected chi connectivity index (χ3v) is 8.63. The van der Waals surface area contributed by atoms with Gasteiger partial charge in [-0.25, -0.2) is 4.79 Å². The van der Waals surface area contributed by atoms with E-state index in [1.54, 1.807) is 53.7 Å². The van der Waals surface area contributed by atoms with E-state index in [0.717, 1.165) is 31.4 Å². The highest BCUT2D eigenvalue weighted by Crippen LogP contribution is 2.34. The van der Waals surface area contributed by atoms with Gasteiger partial charge in [0.05, 0.1) is 30.4 Å². The lowest BCUT2D eigenvalue weighted by Gasteiger charge is -2.36. The monoisotopic (exact) mass is 661 g/mol. The molecule has 0 bridgehead atoms. The Labute approximate surface area is 282 Å². The van der Waals surface area contributed by atoms with Crippen LogP contribution in [0.4, 0.5) is 16.2 Å². The SMILES string of the molecule is C[C@@H]1CN([C@@H](C)CO)C(=O)c2cc(NC(=O)Nc3ccc4c(c3)OCO4)ccc2O[C@@H](C)CCCCO[C@@H]1CN(C)Cc1ccncc1. The van der Waals surface area contributed by atoms with Crippen molar-refractivity contribution in [2.45, 2.75) is 64.8 Å². The zero-order chi connectivity index (χ0) is 34.0. The van der Waals surface area contributed by atoms with Crippen LogP contribution in [0, 0.1) is 5.92 Å². The fourth-order valence-corrected chi connectivity index (χ4v) is 5.90. The molecule has 1 aromatic heterocycles. The van der Waals surface area contributed by atoms with Gasteiger partial charge in [-0.2, -0.15) is 0 Å². The van der Waals surface area contributed by atoms with Crippen molar-refractivity contribution in [3.05, 3.63) is 72.1 Å². The molecule has 2 aliphatic heterocycles. The standard InChI is InChI=1S/C36H47N5O7/c1-24-19-41(25(2)22-42)35(43)30-17-28(38-36(44)39-29-9-11-32-33(18-29)47-23-46-32)8-10-31(30)48-26(3)7-5-6-16-45-34(24)21-40(4)20-27-12-14-37-15-13-27/h8-15,17-18,24-26,34,42H,5-7,16,19-23H2,1-4H3,(H2,38,39,44)/t24-,25+,26+,34-/m1/s1. The van der Waals surface area contributed by atoms with E-state index in [4.69, 9.17) is 18.9 Å². The largest absolute Gasteiger partial charge is 0.490 e. The van der Waals surface area contributed by atoms with E-state index in [1.165, 1.54) is 0 Å². The van der Waals surface area contributed by atoms with Gasteiger partial charge in [-0.3, -0.25) is 14.7 Å². The van der Waals surface area contributed by atoms with Crippen molar-refractivity contribution in [2.24, 2.45) is 5.92 Å². The van der Waals surface area contributed by atoms with Crippen LogP contribution in [0.25, 0.3) is 0 Å². The van der Waals surface area contributed by atoms with Gasteiger partial charge in [-0.1, -0.05) is 6.92 Å². The van der Waals surface area contributed by atoms with Crippen LogP contribution in [0.2, 0.25) is 0 Å². The first-order chi connectivity index (χ1) is 23.2. The number of rotatable bonds is 8. The highest BCUT2D eigenvalue weighted by molar-refractivity contribution is 6.02. The van der Waals surface area contributed by atoms with Crippen molar-refractivity contribution in [3.63, 3.8) is 0 Å². The highest BCUT2D eigenvalue weighted by Gasteiger charge is 2.30. The number of hydrogen-bond donors (Lipinski definition) is 3. The molecule has 0 saturated carbocycles. The number of pyridine rings is 1. The van der Waals surface area contributed by atoms with Gasteiger partial charge < -0.3 is 39.6 Å². The molecule has 12 heteroatoms. The number of aromatic nitrogens is 1. The number of anilines is 2. The summed E-state index contributed by atoms with van der Waals surface area (Å²) in [6.45, 7) is 8.18. The summed E-state index contributed by atoms with van der Waals surface area (Å²) in [6, 6.07) is 13.3.